The van der Waals surface area contributed by atoms with E-state index in [2.05, 4.69) is 31.1 Å². The Hall–Kier alpha value is -1.28. The van der Waals surface area contributed by atoms with Gasteiger partial charge in [0.15, 0.2) is 0 Å². The van der Waals surface area contributed by atoms with Crippen LogP contribution in [0.4, 0.5) is 0 Å². The van der Waals surface area contributed by atoms with Crippen LogP contribution in [0.2, 0.25) is 0 Å². The Bertz CT molecular complexity index is 460. The van der Waals surface area contributed by atoms with Crippen molar-refractivity contribution >= 4 is 11.6 Å². The maximum atomic E-state index is 5.92. The molecule has 0 aliphatic heterocycles. The lowest BCUT2D eigenvalue weighted by molar-refractivity contribution is 0.729. The van der Waals surface area contributed by atoms with Crippen molar-refractivity contribution in [3.8, 4) is 5.69 Å². The highest BCUT2D eigenvalue weighted by Gasteiger charge is 2.14. The van der Waals surface area contributed by atoms with Crippen molar-refractivity contribution in [2.45, 2.75) is 25.6 Å². The van der Waals surface area contributed by atoms with Crippen molar-refractivity contribution in [2.24, 2.45) is 0 Å². The summed E-state index contributed by atoms with van der Waals surface area (Å²) in [5.74, 6) is 0.928. The summed E-state index contributed by atoms with van der Waals surface area (Å²) in [6, 6.07) is 10.1. The predicted octanol–water partition coefficient (Wildman–Crippen LogP) is 3.73. The number of benzene rings is 1. The second-order valence-corrected chi connectivity index (χ2v) is 4.36. The zero-order valence-corrected chi connectivity index (χ0v) is 10.3. The van der Waals surface area contributed by atoms with Gasteiger partial charge in [0.1, 0.15) is 0 Å². The van der Waals surface area contributed by atoms with E-state index in [9.17, 15) is 0 Å². The van der Waals surface area contributed by atoms with E-state index in [0.717, 1.165) is 11.3 Å². The second-order valence-electron chi connectivity index (χ2n) is 4.09. The molecule has 0 unspecified atom stereocenters. The maximum Gasteiger partial charge on any atom is 0.0649 e. The summed E-state index contributed by atoms with van der Waals surface area (Å²) in [7, 11) is 0. The Morgan fingerprint density at radius 1 is 1.25 bits per heavy atom. The van der Waals surface area contributed by atoms with Gasteiger partial charge in [-0.2, -0.15) is 5.10 Å². The molecule has 2 nitrogen and oxygen atoms in total. The van der Waals surface area contributed by atoms with Gasteiger partial charge in [-0.3, -0.25) is 0 Å². The third kappa shape index (κ3) is 1.98. The van der Waals surface area contributed by atoms with Crippen LogP contribution in [-0.2, 0) is 5.88 Å². The molecular weight excluding hydrogens is 220 g/mol. The molecule has 2 rings (SSSR count). The average Bonchev–Trinajstić information content (AvgIpc) is 2.73. The molecule has 2 aromatic rings. The van der Waals surface area contributed by atoms with Crippen LogP contribution >= 0.6 is 11.6 Å². The highest BCUT2D eigenvalue weighted by Crippen LogP contribution is 2.23. The third-order valence-electron chi connectivity index (χ3n) is 2.58. The van der Waals surface area contributed by atoms with E-state index in [4.69, 9.17) is 11.6 Å². The van der Waals surface area contributed by atoms with Crippen LogP contribution in [0.1, 0.15) is 31.0 Å². The summed E-state index contributed by atoms with van der Waals surface area (Å²) in [4.78, 5) is 0. The van der Waals surface area contributed by atoms with Crippen LogP contribution in [0.15, 0.2) is 36.5 Å². The lowest BCUT2D eigenvalue weighted by Gasteiger charge is -2.11. The van der Waals surface area contributed by atoms with Gasteiger partial charge in [0, 0.05) is 5.56 Å². The molecule has 0 bridgehead atoms. The molecule has 0 amide bonds. The minimum atomic E-state index is 0.413. The Kier molecular flexibility index (Phi) is 3.30. The van der Waals surface area contributed by atoms with Gasteiger partial charge in [-0.25, -0.2) is 4.68 Å². The third-order valence-corrected chi connectivity index (χ3v) is 2.87. The van der Waals surface area contributed by atoms with Crippen molar-refractivity contribution in [2.75, 3.05) is 0 Å². The molecule has 0 radical (unpaired) electrons. The van der Waals surface area contributed by atoms with Gasteiger partial charge in [-0.05, 0) is 18.1 Å². The van der Waals surface area contributed by atoms with Crippen LogP contribution in [0.3, 0.4) is 0 Å². The van der Waals surface area contributed by atoms with Crippen LogP contribution in [0.25, 0.3) is 5.69 Å². The lowest BCUT2D eigenvalue weighted by Crippen LogP contribution is -2.04. The SMILES string of the molecule is CC(C)c1c(CCl)cnn1-c1ccccc1. The van der Waals surface area contributed by atoms with Crippen LogP contribution < -0.4 is 0 Å². The fraction of sp³-hybridized carbons (Fsp3) is 0.308. The lowest BCUT2D eigenvalue weighted by atomic mass is 10.1. The molecule has 0 fully saturated rings. The number of rotatable bonds is 3. The zero-order valence-electron chi connectivity index (χ0n) is 9.52. The van der Waals surface area contributed by atoms with E-state index in [1.165, 1.54) is 5.69 Å². The number of para-hydroxylation sites is 1. The van der Waals surface area contributed by atoms with E-state index in [1.807, 2.05) is 29.1 Å². The van der Waals surface area contributed by atoms with Gasteiger partial charge in [0.05, 0.1) is 23.5 Å². The van der Waals surface area contributed by atoms with Crippen LogP contribution in [0.5, 0.6) is 0 Å². The summed E-state index contributed by atoms with van der Waals surface area (Å²) < 4.78 is 1.97. The first kappa shape index (κ1) is 11.2. The van der Waals surface area contributed by atoms with Gasteiger partial charge in [-0.15, -0.1) is 11.6 Å². The first-order chi connectivity index (χ1) is 7.74. The molecule has 84 valence electrons. The monoisotopic (exact) mass is 234 g/mol. The number of nitrogens with zero attached hydrogens (tertiary/aromatic N) is 2. The van der Waals surface area contributed by atoms with Gasteiger partial charge < -0.3 is 0 Å². The summed E-state index contributed by atoms with van der Waals surface area (Å²) in [5, 5.41) is 4.41. The standard InChI is InChI=1S/C13H15ClN2/c1-10(2)13-11(8-14)9-15-16(13)12-6-4-3-5-7-12/h3-7,9-10H,8H2,1-2H3. The normalized spacial score (nSPS) is 11.0. The van der Waals surface area contributed by atoms with Crippen LogP contribution in [0, 0.1) is 0 Å². The quantitative estimate of drug-likeness (QED) is 0.740. The molecule has 0 spiro atoms. The fourth-order valence-corrected chi connectivity index (χ4v) is 2.09. The summed E-state index contributed by atoms with van der Waals surface area (Å²) in [6.45, 7) is 4.32. The Morgan fingerprint density at radius 3 is 2.50 bits per heavy atom. The van der Waals surface area contributed by atoms with E-state index < -0.39 is 0 Å². The number of aromatic nitrogens is 2. The van der Waals surface area contributed by atoms with Gasteiger partial charge in [0.2, 0.25) is 0 Å². The molecule has 3 heteroatoms. The van der Waals surface area contributed by atoms with Gasteiger partial charge >= 0.3 is 0 Å². The van der Waals surface area contributed by atoms with E-state index >= 15 is 0 Å². The molecule has 1 heterocycles. The molecule has 1 aromatic heterocycles. The molecule has 16 heavy (non-hydrogen) atoms. The summed E-state index contributed by atoms with van der Waals surface area (Å²) >= 11 is 5.92. The van der Waals surface area contributed by atoms with Crippen LogP contribution in [-0.4, -0.2) is 9.78 Å². The van der Waals surface area contributed by atoms with Crippen molar-refractivity contribution in [3.63, 3.8) is 0 Å². The van der Waals surface area contributed by atoms with E-state index in [1.54, 1.807) is 0 Å². The fourth-order valence-electron chi connectivity index (χ4n) is 1.89. The minimum absolute atomic E-state index is 0.413. The largest absolute Gasteiger partial charge is 0.237 e. The van der Waals surface area contributed by atoms with Crippen molar-refractivity contribution in [1.82, 2.24) is 9.78 Å². The highest BCUT2D eigenvalue weighted by molar-refractivity contribution is 6.17. The zero-order chi connectivity index (χ0) is 11.5. The molecule has 0 saturated carbocycles. The summed E-state index contributed by atoms with van der Waals surface area (Å²) in [6.07, 6.45) is 1.86. The second kappa shape index (κ2) is 4.71. The smallest absolute Gasteiger partial charge is 0.0649 e. The number of hydrogen-bond acceptors (Lipinski definition) is 1. The molecule has 0 aliphatic rings. The van der Waals surface area contributed by atoms with Gasteiger partial charge in [-0.1, -0.05) is 32.0 Å². The minimum Gasteiger partial charge on any atom is -0.237 e. The predicted molar refractivity (Wildman–Crippen MR) is 67.2 cm³/mol. The van der Waals surface area contributed by atoms with E-state index in [-0.39, 0.29) is 0 Å². The number of halogens is 1. The first-order valence-corrected chi connectivity index (χ1v) is 5.95. The van der Waals surface area contributed by atoms with Crippen molar-refractivity contribution in [1.29, 1.82) is 0 Å². The molecular formula is C13H15ClN2. The first-order valence-electron chi connectivity index (χ1n) is 5.42. The number of alkyl halides is 1. The molecule has 0 atom stereocenters. The highest BCUT2D eigenvalue weighted by atomic mass is 35.5. The Labute approximate surface area is 101 Å². The number of hydrogen-bond donors (Lipinski definition) is 0. The Balaban J connectivity index is 2.53. The van der Waals surface area contributed by atoms with Crippen molar-refractivity contribution in [3.05, 3.63) is 47.8 Å². The molecule has 0 saturated heterocycles. The maximum absolute atomic E-state index is 5.92. The van der Waals surface area contributed by atoms with Crippen molar-refractivity contribution < 1.29 is 0 Å². The molecule has 0 N–H and O–H groups in total. The summed E-state index contributed by atoms with van der Waals surface area (Å²) in [5.41, 5.74) is 3.39. The topological polar surface area (TPSA) is 17.8 Å². The molecule has 1 aromatic carbocycles. The molecule has 0 aliphatic carbocycles. The average molecular weight is 235 g/mol. The van der Waals surface area contributed by atoms with Gasteiger partial charge in [0.25, 0.3) is 0 Å². The van der Waals surface area contributed by atoms with E-state index in [0.29, 0.717) is 11.8 Å². The Morgan fingerprint density at radius 2 is 1.94 bits per heavy atom.